The molecule has 2 aromatic heterocycles. The molecule has 5 aromatic rings. The van der Waals surface area contributed by atoms with Gasteiger partial charge in [-0.15, -0.1) is 0 Å². The van der Waals surface area contributed by atoms with E-state index in [1.165, 1.54) is 30.6 Å². The molecule has 1 N–H and O–H groups in total. The van der Waals surface area contributed by atoms with Crippen LogP contribution in [0.2, 0.25) is 5.02 Å². The van der Waals surface area contributed by atoms with Gasteiger partial charge in [0.1, 0.15) is 18.2 Å². The number of aromatic nitrogens is 5. The molecule has 0 bridgehead atoms. The van der Waals surface area contributed by atoms with Gasteiger partial charge >= 0.3 is 0 Å². The van der Waals surface area contributed by atoms with E-state index in [1.807, 2.05) is 37.3 Å². The van der Waals surface area contributed by atoms with Crippen molar-refractivity contribution < 1.29 is 14.5 Å². The molecule has 3 aliphatic heterocycles. The Kier molecular flexibility index (Phi) is 6.41. The predicted molar refractivity (Wildman–Crippen MR) is 168 cm³/mol. The van der Waals surface area contributed by atoms with Gasteiger partial charge in [0.25, 0.3) is 5.69 Å². The maximum absolute atomic E-state index is 15.1. The van der Waals surface area contributed by atoms with Crippen LogP contribution in [0.5, 0.6) is 0 Å². The van der Waals surface area contributed by atoms with Gasteiger partial charge in [-0.2, -0.15) is 10.2 Å². The molecule has 2 fully saturated rings. The molecule has 8 rings (SSSR count). The zero-order chi connectivity index (χ0) is 31.7. The Morgan fingerprint density at radius 2 is 1.89 bits per heavy atom. The molecule has 0 aliphatic carbocycles. The molecule has 4 unspecified atom stereocenters. The van der Waals surface area contributed by atoms with E-state index in [4.69, 9.17) is 16.7 Å². The van der Waals surface area contributed by atoms with Crippen molar-refractivity contribution in [1.29, 1.82) is 0 Å². The number of ketones is 1. The first-order valence-corrected chi connectivity index (χ1v) is 15.4. The van der Waals surface area contributed by atoms with E-state index < -0.39 is 22.3 Å². The molecule has 4 atom stereocenters. The summed E-state index contributed by atoms with van der Waals surface area (Å²) in [5.41, 5.74) is 2.30. The summed E-state index contributed by atoms with van der Waals surface area (Å²) in [7, 11) is 0. The Balaban J connectivity index is 1.42. The third-order valence-corrected chi connectivity index (χ3v) is 9.89. The van der Waals surface area contributed by atoms with Crippen LogP contribution in [0.3, 0.4) is 0 Å². The van der Waals surface area contributed by atoms with E-state index in [2.05, 4.69) is 20.3 Å². The highest BCUT2D eigenvalue weighted by molar-refractivity contribution is 6.31. The van der Waals surface area contributed by atoms with Crippen molar-refractivity contribution >= 4 is 34.7 Å². The summed E-state index contributed by atoms with van der Waals surface area (Å²) in [5.74, 6) is -1.42. The third kappa shape index (κ3) is 3.93. The van der Waals surface area contributed by atoms with Crippen LogP contribution in [0.15, 0.2) is 85.5 Å². The van der Waals surface area contributed by atoms with Gasteiger partial charge < -0.3 is 5.32 Å². The molecule has 1 spiro atoms. The number of benzene rings is 3. The van der Waals surface area contributed by atoms with Crippen LogP contribution in [0, 0.1) is 23.0 Å². The Hall–Kier alpha value is -5.20. The second kappa shape index (κ2) is 10.4. The van der Waals surface area contributed by atoms with E-state index in [9.17, 15) is 14.9 Å². The highest BCUT2D eigenvalue weighted by atomic mass is 35.5. The number of nitro groups is 1. The predicted octanol–water partition coefficient (Wildman–Crippen LogP) is 5.23. The standard InChI is InChI=1S/C33H27ClN8O4/c1-19-27(31(40-18-35-17-36-40)41(38-19)22-6-3-2-4-7-22)28-26-8-5-15-39(26)33(24-16-21(34)11-14-25(24)37-32(33)44)29(28)30(43)20-9-12-23(13-10-20)42(45)46/h2-4,6-7,9-14,16-18,26,28-29H,5,8,15H2,1H3,(H,37,44). The monoisotopic (exact) mass is 634 g/mol. The largest absolute Gasteiger partial charge is 0.324 e. The van der Waals surface area contributed by atoms with Crippen molar-refractivity contribution in [3.05, 3.63) is 123 Å². The molecule has 0 saturated carbocycles. The number of aryl methyl sites for hydroxylation is 1. The van der Waals surface area contributed by atoms with Gasteiger partial charge in [0.2, 0.25) is 5.91 Å². The van der Waals surface area contributed by atoms with E-state index in [1.54, 1.807) is 33.9 Å². The zero-order valence-electron chi connectivity index (χ0n) is 24.6. The van der Waals surface area contributed by atoms with Gasteiger partial charge in [-0.05, 0) is 68.8 Å². The number of para-hydroxylation sites is 1. The number of hydrogen-bond acceptors (Lipinski definition) is 8. The number of nitrogens with zero attached hydrogens (tertiary/aromatic N) is 7. The van der Waals surface area contributed by atoms with Crippen molar-refractivity contribution in [2.24, 2.45) is 5.92 Å². The molecule has 5 heterocycles. The molecular formula is C33H27ClN8O4. The Bertz CT molecular complexity index is 2030. The summed E-state index contributed by atoms with van der Waals surface area (Å²) >= 11 is 6.57. The molecule has 2 saturated heterocycles. The summed E-state index contributed by atoms with van der Waals surface area (Å²) in [4.78, 5) is 46.9. The maximum Gasteiger partial charge on any atom is 0.269 e. The number of fused-ring (bicyclic) bond motifs is 4. The number of carbonyl (C=O) groups excluding carboxylic acids is 2. The van der Waals surface area contributed by atoms with Crippen molar-refractivity contribution in [2.75, 3.05) is 11.9 Å². The van der Waals surface area contributed by atoms with Gasteiger partial charge in [0.15, 0.2) is 11.6 Å². The summed E-state index contributed by atoms with van der Waals surface area (Å²) in [6.07, 6.45) is 4.62. The minimum absolute atomic E-state index is 0.126. The Morgan fingerprint density at radius 3 is 2.61 bits per heavy atom. The van der Waals surface area contributed by atoms with Gasteiger partial charge in [-0.25, -0.2) is 14.3 Å². The SMILES string of the molecule is Cc1nn(-c2ccccc2)c(-n2cncn2)c1C1C2CCCN2C2(C(=O)Nc3ccc(Cl)cc32)C1C(=O)c1ccc([N+](=O)[O-])cc1. The van der Waals surface area contributed by atoms with Crippen LogP contribution in [0.25, 0.3) is 11.5 Å². The molecule has 12 nitrogen and oxygen atoms in total. The number of Topliss-reactive ketones (excluding diaryl/α,β-unsaturated/α-hetero) is 1. The number of carbonyl (C=O) groups is 2. The van der Waals surface area contributed by atoms with Crippen molar-refractivity contribution in [2.45, 2.75) is 37.3 Å². The fraction of sp³-hybridized carbons (Fsp3) is 0.242. The molecule has 3 aromatic carbocycles. The number of nitrogens with one attached hydrogen (secondary N) is 1. The van der Waals surface area contributed by atoms with E-state index in [0.29, 0.717) is 34.3 Å². The normalized spacial score (nSPS) is 23.4. The average Bonchev–Trinajstić information content (AvgIpc) is 3.88. The summed E-state index contributed by atoms with van der Waals surface area (Å²) in [6.45, 7) is 2.50. The summed E-state index contributed by atoms with van der Waals surface area (Å²) in [6, 6.07) is 20.3. The van der Waals surface area contributed by atoms with Crippen LogP contribution in [-0.2, 0) is 10.3 Å². The minimum Gasteiger partial charge on any atom is -0.324 e. The number of halogens is 1. The number of nitro benzene ring substituents is 1. The first-order valence-electron chi connectivity index (χ1n) is 15.0. The van der Waals surface area contributed by atoms with E-state index >= 15 is 4.79 Å². The first-order chi connectivity index (χ1) is 22.3. The smallest absolute Gasteiger partial charge is 0.269 e. The fourth-order valence-corrected chi connectivity index (χ4v) is 8.15. The second-order valence-electron chi connectivity index (χ2n) is 11.9. The second-order valence-corrected chi connectivity index (χ2v) is 12.3. The molecular weight excluding hydrogens is 608 g/mol. The van der Waals surface area contributed by atoms with Crippen LogP contribution in [0.4, 0.5) is 11.4 Å². The van der Waals surface area contributed by atoms with E-state index in [-0.39, 0.29) is 29.0 Å². The lowest BCUT2D eigenvalue weighted by Gasteiger charge is -2.37. The molecule has 230 valence electrons. The maximum atomic E-state index is 15.1. The highest BCUT2D eigenvalue weighted by Crippen LogP contribution is 2.62. The third-order valence-electron chi connectivity index (χ3n) is 9.66. The van der Waals surface area contributed by atoms with Crippen molar-refractivity contribution in [3.63, 3.8) is 0 Å². The zero-order valence-corrected chi connectivity index (χ0v) is 25.3. The van der Waals surface area contributed by atoms with Crippen molar-refractivity contribution in [1.82, 2.24) is 29.4 Å². The first kappa shape index (κ1) is 28.3. The number of amides is 1. The lowest BCUT2D eigenvalue weighted by atomic mass is 9.68. The van der Waals surface area contributed by atoms with Crippen LogP contribution in [0.1, 0.15) is 45.9 Å². The van der Waals surface area contributed by atoms with Crippen LogP contribution >= 0.6 is 11.6 Å². The van der Waals surface area contributed by atoms with Gasteiger partial charge in [-0.1, -0.05) is 29.8 Å². The molecule has 1 amide bonds. The number of non-ortho nitro benzene ring substituents is 1. The quantitative estimate of drug-likeness (QED) is 0.152. The van der Waals surface area contributed by atoms with Gasteiger partial charge in [0, 0.05) is 51.5 Å². The molecule has 46 heavy (non-hydrogen) atoms. The summed E-state index contributed by atoms with van der Waals surface area (Å²) < 4.78 is 3.45. The highest BCUT2D eigenvalue weighted by Gasteiger charge is 2.70. The summed E-state index contributed by atoms with van der Waals surface area (Å²) in [5, 5.41) is 24.5. The lowest BCUT2D eigenvalue weighted by molar-refractivity contribution is -0.384. The van der Waals surface area contributed by atoms with Crippen LogP contribution < -0.4 is 5.32 Å². The van der Waals surface area contributed by atoms with Crippen LogP contribution in [-0.4, -0.2) is 58.6 Å². The Labute approximate surface area is 267 Å². The van der Waals surface area contributed by atoms with Gasteiger partial charge in [0.05, 0.1) is 22.2 Å². The topological polar surface area (TPSA) is 141 Å². The fourth-order valence-electron chi connectivity index (χ4n) is 7.98. The van der Waals surface area contributed by atoms with E-state index in [0.717, 1.165) is 24.1 Å². The lowest BCUT2D eigenvalue weighted by Crippen LogP contribution is -2.52. The Morgan fingerprint density at radius 1 is 1.11 bits per heavy atom. The molecule has 3 aliphatic rings. The average molecular weight is 635 g/mol. The number of anilines is 1. The molecule has 13 heteroatoms. The molecule has 0 radical (unpaired) electrons. The van der Waals surface area contributed by atoms with Gasteiger partial charge in [-0.3, -0.25) is 24.6 Å². The minimum atomic E-state index is -1.38. The number of hydrogen-bond donors (Lipinski definition) is 1. The van der Waals surface area contributed by atoms with Crippen molar-refractivity contribution in [3.8, 4) is 11.5 Å². The number of rotatable bonds is 6.